The summed E-state index contributed by atoms with van der Waals surface area (Å²) in [5, 5.41) is 15.4. The average Bonchev–Trinajstić information content (AvgIpc) is 2.57. The molecule has 0 saturated carbocycles. The molecule has 0 unspecified atom stereocenters. The molecule has 0 fully saturated rings. The molecule has 0 heterocycles. The number of benzene rings is 2. The first-order valence-electron chi connectivity index (χ1n) is 7.55. The zero-order valence-corrected chi connectivity index (χ0v) is 14.9. The smallest absolute Gasteiger partial charge is 0.255 e. The number of aromatic hydroxyl groups is 1. The van der Waals surface area contributed by atoms with E-state index >= 15 is 0 Å². The van der Waals surface area contributed by atoms with Gasteiger partial charge in [-0.3, -0.25) is 9.59 Å². The maximum absolute atomic E-state index is 12.1. The first-order valence-corrected chi connectivity index (χ1v) is 8.34. The second-order valence-electron chi connectivity index (χ2n) is 5.41. The molecule has 5 nitrogen and oxygen atoms in total. The van der Waals surface area contributed by atoms with Gasteiger partial charge < -0.3 is 15.7 Å². The number of aryl methyl sites for hydroxylation is 1. The lowest BCUT2D eigenvalue weighted by Gasteiger charge is -2.09. The van der Waals surface area contributed by atoms with Gasteiger partial charge in [-0.25, -0.2) is 0 Å². The van der Waals surface area contributed by atoms with Crippen molar-refractivity contribution in [3.63, 3.8) is 0 Å². The number of carbonyl (C=O) groups excluding carboxylic acids is 2. The van der Waals surface area contributed by atoms with Crippen LogP contribution in [0.5, 0.6) is 5.75 Å². The molecule has 0 bridgehead atoms. The van der Waals surface area contributed by atoms with E-state index in [9.17, 15) is 14.7 Å². The molecule has 0 atom stereocenters. The van der Waals surface area contributed by atoms with Crippen LogP contribution in [-0.4, -0.2) is 23.5 Å². The van der Waals surface area contributed by atoms with Crippen molar-refractivity contribution in [3.8, 4) is 5.75 Å². The van der Waals surface area contributed by atoms with Gasteiger partial charge in [0.1, 0.15) is 5.75 Å². The predicted octanol–water partition coefficient (Wildman–Crippen LogP) is 2.90. The zero-order valence-electron chi connectivity index (χ0n) is 13.3. The van der Waals surface area contributed by atoms with Gasteiger partial charge in [0.25, 0.3) is 5.91 Å². The monoisotopic (exact) mass is 390 g/mol. The number of halogens is 1. The number of hydrogen-bond acceptors (Lipinski definition) is 3. The van der Waals surface area contributed by atoms with Gasteiger partial charge in [-0.2, -0.15) is 0 Å². The van der Waals surface area contributed by atoms with Gasteiger partial charge in [0.05, 0.1) is 10.0 Å². The maximum atomic E-state index is 12.1. The summed E-state index contributed by atoms with van der Waals surface area (Å²) in [6.45, 7) is 2.49. The number of rotatable bonds is 6. The van der Waals surface area contributed by atoms with Crippen LogP contribution < -0.4 is 10.6 Å². The lowest BCUT2D eigenvalue weighted by atomic mass is 10.1. The highest BCUT2D eigenvalue weighted by Gasteiger charge is 2.14. The number of carbonyl (C=O) groups is 2. The Morgan fingerprint density at radius 1 is 1.12 bits per heavy atom. The lowest BCUT2D eigenvalue weighted by Crippen LogP contribution is -2.30. The maximum Gasteiger partial charge on any atom is 0.255 e. The minimum atomic E-state index is -0.409. The fourth-order valence-electron chi connectivity index (χ4n) is 2.18. The van der Waals surface area contributed by atoms with Crippen LogP contribution in [0.25, 0.3) is 0 Å². The van der Waals surface area contributed by atoms with Crippen molar-refractivity contribution < 1.29 is 14.7 Å². The zero-order chi connectivity index (χ0) is 17.5. The SMILES string of the molecule is Cc1cc(Br)c(O)c(C(=O)NCCC(=O)NCc2ccccc2)c1. The van der Waals surface area contributed by atoms with Crippen LogP contribution in [0.3, 0.4) is 0 Å². The van der Waals surface area contributed by atoms with Crippen LogP contribution in [0.15, 0.2) is 46.9 Å². The van der Waals surface area contributed by atoms with E-state index in [1.165, 1.54) is 0 Å². The fourth-order valence-corrected chi connectivity index (χ4v) is 2.75. The van der Waals surface area contributed by atoms with E-state index < -0.39 is 5.91 Å². The summed E-state index contributed by atoms with van der Waals surface area (Å²) in [5.74, 6) is -0.659. The molecule has 126 valence electrons. The highest BCUT2D eigenvalue weighted by atomic mass is 79.9. The third kappa shape index (κ3) is 5.09. The minimum absolute atomic E-state index is 0.105. The number of phenols is 1. The van der Waals surface area contributed by atoms with Gasteiger partial charge in [-0.15, -0.1) is 0 Å². The molecular formula is C18H19BrN2O3. The molecular weight excluding hydrogens is 372 g/mol. The van der Waals surface area contributed by atoms with Crippen molar-refractivity contribution in [1.29, 1.82) is 0 Å². The molecule has 0 spiro atoms. The second kappa shape index (κ2) is 8.49. The molecule has 0 radical (unpaired) electrons. The third-order valence-corrected chi connectivity index (χ3v) is 4.03. The van der Waals surface area contributed by atoms with Crippen molar-refractivity contribution >= 4 is 27.7 Å². The van der Waals surface area contributed by atoms with Crippen LogP contribution >= 0.6 is 15.9 Å². The van der Waals surface area contributed by atoms with Crippen molar-refractivity contribution in [2.75, 3.05) is 6.54 Å². The Morgan fingerprint density at radius 3 is 2.54 bits per heavy atom. The van der Waals surface area contributed by atoms with Crippen molar-refractivity contribution in [2.45, 2.75) is 19.9 Å². The second-order valence-corrected chi connectivity index (χ2v) is 6.27. The van der Waals surface area contributed by atoms with Gasteiger partial charge >= 0.3 is 0 Å². The molecule has 6 heteroatoms. The molecule has 2 aromatic carbocycles. The van der Waals surface area contributed by atoms with Gasteiger partial charge in [0.2, 0.25) is 5.91 Å². The Morgan fingerprint density at radius 2 is 1.83 bits per heavy atom. The molecule has 0 saturated heterocycles. The van der Waals surface area contributed by atoms with E-state index in [4.69, 9.17) is 0 Å². The Kier molecular flexibility index (Phi) is 6.37. The molecule has 2 rings (SSSR count). The highest BCUT2D eigenvalue weighted by Crippen LogP contribution is 2.29. The summed E-state index contributed by atoms with van der Waals surface area (Å²) >= 11 is 3.21. The largest absolute Gasteiger partial charge is 0.506 e. The number of hydrogen-bond donors (Lipinski definition) is 3. The predicted molar refractivity (Wildman–Crippen MR) is 95.8 cm³/mol. The number of nitrogens with one attached hydrogen (secondary N) is 2. The van der Waals surface area contributed by atoms with Crippen LogP contribution in [0.2, 0.25) is 0 Å². The standard InChI is InChI=1S/C18H19BrN2O3/c1-12-9-14(17(23)15(19)10-12)18(24)20-8-7-16(22)21-11-13-5-3-2-4-6-13/h2-6,9-10,23H,7-8,11H2,1H3,(H,20,24)(H,21,22). The Balaban J connectivity index is 1.79. The van der Waals surface area contributed by atoms with Crippen molar-refractivity contribution in [2.24, 2.45) is 0 Å². The summed E-state index contributed by atoms with van der Waals surface area (Å²) in [6, 6.07) is 12.9. The molecule has 2 aromatic rings. The summed E-state index contributed by atoms with van der Waals surface area (Å²) in [7, 11) is 0. The van der Waals surface area contributed by atoms with Crippen LogP contribution in [0.1, 0.15) is 27.9 Å². The Labute approximate surface area is 149 Å². The number of phenolic OH excluding ortho intramolecular Hbond substituents is 1. The minimum Gasteiger partial charge on any atom is -0.506 e. The molecule has 0 aliphatic rings. The summed E-state index contributed by atoms with van der Waals surface area (Å²) < 4.78 is 0.466. The quantitative estimate of drug-likeness (QED) is 0.709. The van der Waals surface area contributed by atoms with Gasteiger partial charge in [0, 0.05) is 19.5 Å². The molecule has 2 amide bonds. The molecule has 0 aromatic heterocycles. The van der Waals surface area contributed by atoms with E-state index in [0.29, 0.717) is 11.0 Å². The highest BCUT2D eigenvalue weighted by molar-refractivity contribution is 9.10. The fraction of sp³-hybridized carbons (Fsp3) is 0.222. The van der Waals surface area contributed by atoms with Gasteiger partial charge in [-0.1, -0.05) is 30.3 Å². The van der Waals surface area contributed by atoms with Crippen LogP contribution in [0, 0.1) is 6.92 Å². The van der Waals surface area contributed by atoms with E-state index in [2.05, 4.69) is 26.6 Å². The normalized spacial score (nSPS) is 10.2. The van der Waals surface area contributed by atoms with E-state index in [1.807, 2.05) is 37.3 Å². The molecule has 3 N–H and O–H groups in total. The summed E-state index contributed by atoms with van der Waals surface area (Å²) in [4.78, 5) is 23.9. The first kappa shape index (κ1) is 18.0. The Hall–Kier alpha value is -2.34. The van der Waals surface area contributed by atoms with Gasteiger partial charge in [-0.05, 0) is 46.1 Å². The third-order valence-electron chi connectivity index (χ3n) is 3.42. The molecule has 0 aliphatic heterocycles. The Bertz CT molecular complexity index is 733. The molecule has 0 aliphatic carbocycles. The van der Waals surface area contributed by atoms with Crippen molar-refractivity contribution in [3.05, 3.63) is 63.6 Å². The summed E-state index contributed by atoms with van der Waals surface area (Å²) in [6.07, 6.45) is 0.173. The van der Waals surface area contributed by atoms with Gasteiger partial charge in [0.15, 0.2) is 0 Å². The van der Waals surface area contributed by atoms with E-state index in [0.717, 1.165) is 11.1 Å². The molecule has 24 heavy (non-hydrogen) atoms. The van der Waals surface area contributed by atoms with E-state index in [-0.39, 0.29) is 30.2 Å². The van der Waals surface area contributed by atoms with Crippen LogP contribution in [-0.2, 0) is 11.3 Å². The van der Waals surface area contributed by atoms with E-state index in [1.54, 1.807) is 12.1 Å². The van der Waals surface area contributed by atoms with Crippen LogP contribution in [0.4, 0.5) is 0 Å². The first-order chi connectivity index (χ1) is 11.5. The lowest BCUT2D eigenvalue weighted by molar-refractivity contribution is -0.121. The number of amides is 2. The average molecular weight is 391 g/mol. The topological polar surface area (TPSA) is 78.4 Å². The van der Waals surface area contributed by atoms with Crippen molar-refractivity contribution in [1.82, 2.24) is 10.6 Å². The summed E-state index contributed by atoms with van der Waals surface area (Å²) in [5.41, 5.74) is 2.06.